The van der Waals surface area contributed by atoms with Gasteiger partial charge in [0.2, 0.25) is 0 Å². The van der Waals surface area contributed by atoms with Crippen LogP contribution in [0, 0.1) is 0 Å². The monoisotopic (exact) mass is 452 g/mol. The van der Waals surface area contributed by atoms with Gasteiger partial charge in [-0.2, -0.15) is 0 Å². The minimum atomic E-state index is -1.07. The zero-order valence-electron chi connectivity index (χ0n) is 17.0. The Bertz CT molecular complexity index is 629. The summed E-state index contributed by atoms with van der Waals surface area (Å²) in [6.07, 6.45) is -0.797. The van der Waals surface area contributed by atoms with Crippen LogP contribution in [-0.2, 0) is 24.0 Å². The SMILES string of the molecule is CC(N)=NOC(=O)C(N)CSSC[C@H](NC(=O)OC(C)(C)C)C(=O)ON=C(C)N. The van der Waals surface area contributed by atoms with E-state index in [2.05, 4.69) is 25.3 Å². The van der Waals surface area contributed by atoms with Gasteiger partial charge in [0.05, 0.1) is 0 Å². The number of amides is 1. The Hall–Kier alpha value is -2.19. The number of hydrogen-bond donors (Lipinski definition) is 4. The van der Waals surface area contributed by atoms with E-state index in [-0.39, 0.29) is 23.2 Å². The van der Waals surface area contributed by atoms with E-state index in [9.17, 15) is 14.4 Å². The van der Waals surface area contributed by atoms with Crippen LogP contribution in [-0.4, -0.2) is 58.9 Å². The summed E-state index contributed by atoms with van der Waals surface area (Å²) in [5.74, 6) is -1.21. The summed E-state index contributed by atoms with van der Waals surface area (Å²) in [5.41, 5.74) is 15.5. The Morgan fingerprint density at radius 3 is 1.93 bits per heavy atom. The molecule has 0 aliphatic carbocycles. The number of alkyl carbamates (subject to hydrolysis) is 1. The minimum Gasteiger partial charge on any atom is -0.444 e. The predicted octanol–water partition coefficient (Wildman–Crippen LogP) is 0.259. The Morgan fingerprint density at radius 1 is 0.966 bits per heavy atom. The molecule has 2 atom stereocenters. The van der Waals surface area contributed by atoms with Crippen molar-refractivity contribution in [3.05, 3.63) is 0 Å². The molecule has 1 unspecified atom stereocenters. The maximum Gasteiger partial charge on any atom is 0.408 e. The van der Waals surface area contributed by atoms with Gasteiger partial charge in [0.15, 0.2) is 0 Å². The van der Waals surface area contributed by atoms with E-state index in [1.54, 1.807) is 20.8 Å². The van der Waals surface area contributed by atoms with Crippen LogP contribution in [0.15, 0.2) is 10.3 Å². The molecular formula is C15H28N6O6S2. The second kappa shape index (κ2) is 13.1. The molecule has 0 saturated carbocycles. The van der Waals surface area contributed by atoms with Crippen LogP contribution in [0.4, 0.5) is 4.79 Å². The Morgan fingerprint density at radius 2 is 1.45 bits per heavy atom. The molecule has 29 heavy (non-hydrogen) atoms. The predicted molar refractivity (Wildman–Crippen MR) is 113 cm³/mol. The molecule has 0 aliphatic rings. The highest BCUT2D eigenvalue weighted by Gasteiger charge is 2.26. The van der Waals surface area contributed by atoms with Crippen molar-refractivity contribution in [3.63, 3.8) is 0 Å². The molecule has 0 aromatic carbocycles. The van der Waals surface area contributed by atoms with Crippen molar-refractivity contribution in [3.8, 4) is 0 Å². The Kier molecular flexibility index (Phi) is 12.1. The third kappa shape index (κ3) is 14.5. The fourth-order valence-electron chi connectivity index (χ4n) is 1.29. The van der Waals surface area contributed by atoms with Crippen molar-refractivity contribution in [1.29, 1.82) is 0 Å². The fourth-order valence-corrected chi connectivity index (χ4v) is 3.55. The van der Waals surface area contributed by atoms with E-state index in [4.69, 9.17) is 21.9 Å². The van der Waals surface area contributed by atoms with Gasteiger partial charge in [-0.25, -0.2) is 14.4 Å². The first-order valence-electron chi connectivity index (χ1n) is 8.33. The standard InChI is InChI=1S/C15H28N6O6S2/c1-8(16)20-26-12(22)10(18)6-28-29-7-11(13(23)27-21-9(2)17)19-14(24)25-15(3,4)5/h10-11H,6-7,18H2,1-5H3,(H2,16,20)(H2,17,21)(H,19,24)/t10?,11-/m0/s1. The summed E-state index contributed by atoms with van der Waals surface area (Å²) < 4.78 is 5.13. The van der Waals surface area contributed by atoms with Gasteiger partial charge in [0.1, 0.15) is 29.4 Å². The molecule has 0 heterocycles. The van der Waals surface area contributed by atoms with E-state index in [0.29, 0.717) is 0 Å². The minimum absolute atomic E-state index is 0.0382. The molecule has 14 heteroatoms. The second-order valence-electron chi connectivity index (χ2n) is 6.66. The number of rotatable bonds is 10. The van der Waals surface area contributed by atoms with Gasteiger partial charge in [-0.1, -0.05) is 31.9 Å². The van der Waals surface area contributed by atoms with Crippen molar-refractivity contribution < 1.29 is 28.8 Å². The number of hydrogen-bond acceptors (Lipinski definition) is 11. The van der Waals surface area contributed by atoms with E-state index >= 15 is 0 Å². The van der Waals surface area contributed by atoms with Crippen molar-refractivity contribution in [2.75, 3.05) is 11.5 Å². The molecule has 0 spiro atoms. The van der Waals surface area contributed by atoms with Crippen LogP contribution >= 0.6 is 21.6 Å². The number of oxime groups is 2. The summed E-state index contributed by atoms with van der Waals surface area (Å²) in [4.78, 5) is 44.9. The van der Waals surface area contributed by atoms with E-state index in [0.717, 1.165) is 0 Å². The zero-order chi connectivity index (χ0) is 22.6. The molecule has 0 aromatic heterocycles. The molecule has 166 valence electrons. The number of nitrogens with one attached hydrogen (secondary N) is 1. The molecule has 0 aliphatic heterocycles. The first-order valence-corrected chi connectivity index (χ1v) is 10.8. The maximum atomic E-state index is 12.1. The lowest BCUT2D eigenvalue weighted by atomic mass is 10.2. The highest BCUT2D eigenvalue weighted by Crippen LogP contribution is 2.23. The molecule has 12 nitrogen and oxygen atoms in total. The lowest BCUT2D eigenvalue weighted by molar-refractivity contribution is -0.146. The number of nitrogens with zero attached hydrogens (tertiary/aromatic N) is 2. The number of carbonyl (C=O) groups excluding carboxylic acids is 3. The van der Waals surface area contributed by atoms with Gasteiger partial charge in [0, 0.05) is 11.5 Å². The molecule has 1 amide bonds. The van der Waals surface area contributed by atoms with Gasteiger partial charge in [-0.3, -0.25) is 0 Å². The topological polar surface area (TPSA) is 194 Å². The van der Waals surface area contributed by atoms with Gasteiger partial charge >= 0.3 is 18.0 Å². The van der Waals surface area contributed by atoms with Gasteiger partial charge < -0.3 is 36.9 Å². The lowest BCUT2D eigenvalue weighted by Gasteiger charge is -2.22. The molecule has 0 bridgehead atoms. The van der Waals surface area contributed by atoms with Crippen LogP contribution in [0.2, 0.25) is 0 Å². The highest BCUT2D eigenvalue weighted by molar-refractivity contribution is 8.76. The van der Waals surface area contributed by atoms with Crippen LogP contribution in [0.25, 0.3) is 0 Å². The van der Waals surface area contributed by atoms with Crippen LogP contribution in [0.3, 0.4) is 0 Å². The summed E-state index contributed by atoms with van der Waals surface area (Å²) in [6.45, 7) is 7.94. The second-order valence-corrected chi connectivity index (χ2v) is 9.21. The maximum absolute atomic E-state index is 12.1. The summed E-state index contributed by atoms with van der Waals surface area (Å²) in [7, 11) is 2.36. The molecule has 0 fully saturated rings. The molecular weight excluding hydrogens is 424 g/mol. The summed E-state index contributed by atoms with van der Waals surface area (Å²) in [6, 6.07) is -2.03. The number of carbonyl (C=O) groups is 3. The zero-order valence-corrected chi connectivity index (χ0v) is 18.6. The average Bonchev–Trinajstić information content (AvgIpc) is 2.58. The van der Waals surface area contributed by atoms with Crippen LogP contribution in [0.1, 0.15) is 34.6 Å². The first-order chi connectivity index (χ1) is 13.3. The van der Waals surface area contributed by atoms with E-state index in [1.807, 2.05) is 0 Å². The first kappa shape index (κ1) is 26.8. The Labute approximate surface area is 177 Å². The summed E-state index contributed by atoms with van der Waals surface area (Å²) in [5, 5.41) is 9.11. The molecule has 0 saturated heterocycles. The largest absolute Gasteiger partial charge is 0.444 e. The normalized spacial score (nSPS) is 14.6. The number of amidine groups is 2. The van der Waals surface area contributed by atoms with E-state index in [1.165, 1.54) is 35.4 Å². The number of nitrogens with two attached hydrogens (primary N) is 3. The molecule has 0 aromatic rings. The van der Waals surface area contributed by atoms with Crippen molar-refractivity contribution >= 4 is 51.3 Å². The fraction of sp³-hybridized carbons (Fsp3) is 0.667. The van der Waals surface area contributed by atoms with Crippen molar-refractivity contribution in [2.24, 2.45) is 27.5 Å². The van der Waals surface area contributed by atoms with Crippen molar-refractivity contribution in [2.45, 2.75) is 52.3 Å². The lowest BCUT2D eigenvalue weighted by Crippen LogP contribution is -2.45. The van der Waals surface area contributed by atoms with Gasteiger partial charge in [0.25, 0.3) is 0 Å². The molecule has 0 rings (SSSR count). The van der Waals surface area contributed by atoms with Crippen LogP contribution in [0.5, 0.6) is 0 Å². The quantitative estimate of drug-likeness (QED) is 0.0886. The average molecular weight is 453 g/mol. The smallest absolute Gasteiger partial charge is 0.408 e. The van der Waals surface area contributed by atoms with Gasteiger partial charge in [-0.15, -0.1) is 0 Å². The van der Waals surface area contributed by atoms with E-state index < -0.39 is 35.7 Å². The number of ether oxygens (including phenoxy) is 1. The van der Waals surface area contributed by atoms with Crippen molar-refractivity contribution in [1.82, 2.24) is 5.32 Å². The highest BCUT2D eigenvalue weighted by atomic mass is 33.1. The summed E-state index contributed by atoms with van der Waals surface area (Å²) >= 11 is 0. The molecule has 0 radical (unpaired) electrons. The molecule has 7 N–H and O–H groups in total. The van der Waals surface area contributed by atoms with Gasteiger partial charge in [-0.05, 0) is 34.6 Å². The Balaban J connectivity index is 4.69. The van der Waals surface area contributed by atoms with Crippen LogP contribution < -0.4 is 22.5 Å². The third-order valence-electron chi connectivity index (χ3n) is 2.40. The third-order valence-corrected chi connectivity index (χ3v) is 4.85.